The van der Waals surface area contributed by atoms with Crippen LogP contribution in [0.25, 0.3) is 0 Å². The summed E-state index contributed by atoms with van der Waals surface area (Å²) in [5.41, 5.74) is 0. The lowest BCUT2D eigenvalue weighted by atomic mass is 10.1. The number of rotatable bonds is 6. The van der Waals surface area contributed by atoms with E-state index in [1.165, 1.54) is 0 Å². The van der Waals surface area contributed by atoms with Crippen LogP contribution in [0, 0.1) is 0 Å². The van der Waals surface area contributed by atoms with Crippen LogP contribution < -0.4 is 5.32 Å². The molecule has 1 fully saturated rings. The summed E-state index contributed by atoms with van der Waals surface area (Å²) in [6.45, 7) is 2.08. The van der Waals surface area contributed by atoms with E-state index < -0.39 is 10.8 Å². The molecule has 0 radical (unpaired) electrons. The first-order chi connectivity index (χ1) is 8.81. The smallest absolute Gasteiger partial charge is 0.165 e. The molecule has 0 aliphatic carbocycles. The van der Waals surface area contributed by atoms with E-state index in [2.05, 4.69) is 20.8 Å². The van der Waals surface area contributed by atoms with Gasteiger partial charge in [-0.15, -0.1) is 5.10 Å². The number of aromatic nitrogens is 4. The molecule has 1 aromatic heterocycles. The lowest BCUT2D eigenvalue weighted by Crippen LogP contribution is -2.27. The highest BCUT2D eigenvalue weighted by Gasteiger charge is 2.22. The van der Waals surface area contributed by atoms with Gasteiger partial charge in [0.2, 0.25) is 0 Å². The summed E-state index contributed by atoms with van der Waals surface area (Å²) in [4.78, 5) is 0. The van der Waals surface area contributed by atoms with Crippen LogP contribution in [0.5, 0.6) is 0 Å². The Morgan fingerprint density at radius 2 is 2.28 bits per heavy atom. The van der Waals surface area contributed by atoms with Gasteiger partial charge in [-0.2, -0.15) is 0 Å². The van der Waals surface area contributed by atoms with Gasteiger partial charge in [-0.25, -0.2) is 4.68 Å². The highest BCUT2D eigenvalue weighted by atomic mass is 32.2. The summed E-state index contributed by atoms with van der Waals surface area (Å²) in [6, 6.07) is 0.289. The molecule has 1 N–H and O–H groups in total. The van der Waals surface area contributed by atoms with Crippen molar-refractivity contribution in [3.8, 4) is 0 Å². The maximum atomic E-state index is 11.3. The second-order valence-corrected chi connectivity index (χ2v) is 5.98. The highest BCUT2D eigenvalue weighted by Crippen LogP contribution is 2.21. The molecule has 0 amide bonds. The average molecular weight is 273 g/mol. The molecule has 8 heteroatoms. The standard InChI is InChI=1S/C10H19N5O2S/c1-17-5-4-11-8-10-12-13-14-15(10)9-2-6-18(16)7-3-9/h9,11H,2-8H2,1H3. The zero-order valence-electron chi connectivity index (χ0n) is 10.5. The van der Waals surface area contributed by atoms with Crippen LogP contribution in [0.2, 0.25) is 0 Å². The lowest BCUT2D eigenvalue weighted by molar-refractivity contribution is 0.198. The summed E-state index contributed by atoms with van der Waals surface area (Å²) in [6.07, 6.45) is 1.78. The van der Waals surface area contributed by atoms with Crippen molar-refractivity contribution in [3.05, 3.63) is 5.82 Å². The van der Waals surface area contributed by atoms with E-state index in [1.807, 2.05) is 4.68 Å². The Hall–Kier alpha value is -0.860. The second kappa shape index (κ2) is 6.91. The summed E-state index contributed by atoms with van der Waals surface area (Å²) in [7, 11) is 1.02. The van der Waals surface area contributed by atoms with Crippen molar-refractivity contribution < 1.29 is 8.95 Å². The van der Waals surface area contributed by atoms with Crippen molar-refractivity contribution in [2.75, 3.05) is 31.8 Å². The molecule has 0 unspecified atom stereocenters. The van der Waals surface area contributed by atoms with Crippen molar-refractivity contribution in [1.29, 1.82) is 0 Å². The third kappa shape index (κ3) is 3.56. The van der Waals surface area contributed by atoms with Gasteiger partial charge in [0.1, 0.15) is 0 Å². The maximum Gasteiger partial charge on any atom is 0.165 e. The first-order valence-corrected chi connectivity index (χ1v) is 7.61. The molecule has 0 atom stereocenters. The molecular weight excluding hydrogens is 254 g/mol. The third-order valence-corrected chi connectivity index (χ3v) is 4.41. The van der Waals surface area contributed by atoms with E-state index in [-0.39, 0.29) is 6.04 Å². The van der Waals surface area contributed by atoms with Crippen LogP contribution in [-0.4, -0.2) is 56.2 Å². The molecule has 1 aliphatic heterocycles. The average Bonchev–Trinajstić information content (AvgIpc) is 2.84. The third-order valence-electron chi connectivity index (χ3n) is 3.03. The van der Waals surface area contributed by atoms with E-state index in [1.54, 1.807) is 7.11 Å². The monoisotopic (exact) mass is 273 g/mol. The summed E-state index contributed by atoms with van der Waals surface area (Å²) in [5.74, 6) is 2.34. The molecule has 1 aliphatic rings. The Balaban J connectivity index is 1.88. The van der Waals surface area contributed by atoms with Crippen molar-refractivity contribution in [2.45, 2.75) is 25.4 Å². The van der Waals surface area contributed by atoms with Gasteiger partial charge in [-0.05, 0) is 23.3 Å². The van der Waals surface area contributed by atoms with Crippen molar-refractivity contribution >= 4 is 10.8 Å². The molecule has 2 heterocycles. The molecular formula is C10H19N5O2S. The number of methoxy groups -OCH3 is 1. The van der Waals surface area contributed by atoms with Gasteiger partial charge in [0.05, 0.1) is 19.2 Å². The van der Waals surface area contributed by atoms with Crippen LogP contribution in [0.3, 0.4) is 0 Å². The van der Waals surface area contributed by atoms with Crippen LogP contribution in [0.1, 0.15) is 24.7 Å². The molecule has 0 spiro atoms. The lowest BCUT2D eigenvalue weighted by Gasteiger charge is -2.22. The van der Waals surface area contributed by atoms with Crippen LogP contribution in [0.15, 0.2) is 0 Å². The number of hydrogen-bond acceptors (Lipinski definition) is 6. The Morgan fingerprint density at radius 1 is 1.50 bits per heavy atom. The zero-order valence-corrected chi connectivity index (χ0v) is 11.4. The largest absolute Gasteiger partial charge is 0.383 e. The fraction of sp³-hybridized carbons (Fsp3) is 0.900. The molecule has 102 valence electrons. The zero-order chi connectivity index (χ0) is 12.8. The van der Waals surface area contributed by atoms with Gasteiger partial charge >= 0.3 is 0 Å². The number of nitrogens with zero attached hydrogens (tertiary/aromatic N) is 4. The number of ether oxygens (including phenoxy) is 1. The number of tetrazole rings is 1. The van der Waals surface area contributed by atoms with E-state index in [0.717, 1.165) is 36.7 Å². The molecule has 2 rings (SSSR count). The Morgan fingerprint density at radius 3 is 3.00 bits per heavy atom. The van der Waals surface area contributed by atoms with Gasteiger partial charge in [-0.1, -0.05) is 0 Å². The quantitative estimate of drug-likeness (QED) is 0.703. The predicted molar refractivity (Wildman–Crippen MR) is 67.5 cm³/mol. The Kier molecular flexibility index (Phi) is 5.21. The van der Waals surface area contributed by atoms with E-state index in [9.17, 15) is 4.21 Å². The highest BCUT2D eigenvalue weighted by molar-refractivity contribution is 7.85. The second-order valence-electron chi connectivity index (χ2n) is 4.29. The van der Waals surface area contributed by atoms with Crippen molar-refractivity contribution in [2.24, 2.45) is 0 Å². The molecule has 1 aromatic rings. The van der Waals surface area contributed by atoms with E-state index in [4.69, 9.17) is 4.74 Å². The van der Waals surface area contributed by atoms with Crippen molar-refractivity contribution in [1.82, 2.24) is 25.5 Å². The first kappa shape index (κ1) is 13.6. The first-order valence-electron chi connectivity index (χ1n) is 6.12. The Bertz CT molecular complexity index is 387. The SMILES string of the molecule is COCCNCc1nnnn1C1CCS(=O)CC1. The van der Waals surface area contributed by atoms with E-state index in [0.29, 0.717) is 13.2 Å². The van der Waals surface area contributed by atoms with Gasteiger partial charge in [-0.3, -0.25) is 4.21 Å². The van der Waals surface area contributed by atoms with Crippen LogP contribution in [0.4, 0.5) is 0 Å². The predicted octanol–water partition coefficient (Wildman–Crippen LogP) is -0.507. The van der Waals surface area contributed by atoms with Crippen LogP contribution in [-0.2, 0) is 22.1 Å². The van der Waals surface area contributed by atoms with Gasteiger partial charge in [0, 0.05) is 36.0 Å². The summed E-state index contributed by atoms with van der Waals surface area (Å²) in [5, 5.41) is 15.0. The van der Waals surface area contributed by atoms with E-state index >= 15 is 0 Å². The van der Waals surface area contributed by atoms with Gasteiger partial charge in [0.15, 0.2) is 5.82 Å². The molecule has 0 saturated carbocycles. The fourth-order valence-electron chi connectivity index (χ4n) is 2.01. The molecule has 0 aromatic carbocycles. The maximum absolute atomic E-state index is 11.3. The molecule has 0 bridgehead atoms. The number of hydrogen-bond donors (Lipinski definition) is 1. The minimum Gasteiger partial charge on any atom is -0.383 e. The molecule has 1 saturated heterocycles. The normalized spacial score (nSPS) is 24.3. The Labute approximate surface area is 109 Å². The summed E-state index contributed by atoms with van der Waals surface area (Å²) >= 11 is 0. The minimum atomic E-state index is -0.651. The fourth-order valence-corrected chi connectivity index (χ4v) is 3.29. The van der Waals surface area contributed by atoms with Crippen LogP contribution >= 0.6 is 0 Å². The van der Waals surface area contributed by atoms with Crippen molar-refractivity contribution in [3.63, 3.8) is 0 Å². The minimum absolute atomic E-state index is 0.289. The molecule has 7 nitrogen and oxygen atoms in total. The molecule has 18 heavy (non-hydrogen) atoms. The topological polar surface area (TPSA) is 81.9 Å². The van der Waals surface area contributed by atoms with Gasteiger partial charge < -0.3 is 10.1 Å². The number of nitrogens with one attached hydrogen (secondary N) is 1. The van der Waals surface area contributed by atoms with Gasteiger partial charge in [0.25, 0.3) is 0 Å². The summed E-state index contributed by atoms with van der Waals surface area (Å²) < 4.78 is 18.2.